The molecule has 4 heteroatoms. The lowest BCUT2D eigenvalue weighted by Gasteiger charge is -2.35. The molecule has 4 aliphatic heterocycles. The van der Waals surface area contributed by atoms with Crippen molar-refractivity contribution in [1.29, 1.82) is 0 Å². The maximum Gasteiger partial charge on any atom is 0.0547 e. The van der Waals surface area contributed by atoms with Crippen molar-refractivity contribution in [1.82, 2.24) is 0 Å². The maximum absolute atomic E-state index is 3.76. The van der Waals surface area contributed by atoms with E-state index in [1.807, 2.05) is 11.8 Å². The molecule has 6 rings (SSSR count). The van der Waals surface area contributed by atoms with Gasteiger partial charge in [-0.3, -0.25) is 0 Å². The van der Waals surface area contributed by atoms with Crippen LogP contribution in [0.4, 0.5) is 22.7 Å². The van der Waals surface area contributed by atoms with Crippen LogP contribution in [0.1, 0.15) is 51.9 Å². The lowest BCUT2D eigenvalue weighted by atomic mass is 9.91. The molecule has 154 valence electrons. The van der Waals surface area contributed by atoms with E-state index in [9.17, 15) is 0 Å². The van der Waals surface area contributed by atoms with Crippen LogP contribution in [0.25, 0.3) is 0 Å². The molecule has 0 spiro atoms. The van der Waals surface area contributed by atoms with Crippen LogP contribution in [-0.2, 0) is 0 Å². The smallest absolute Gasteiger partial charge is 0.0547 e. The van der Waals surface area contributed by atoms with E-state index in [0.29, 0.717) is 0 Å². The first-order valence-electron chi connectivity index (χ1n) is 11.5. The maximum atomic E-state index is 3.76. The van der Waals surface area contributed by atoms with Crippen molar-refractivity contribution in [2.45, 2.75) is 61.7 Å². The molecule has 6 bridgehead atoms. The molecule has 4 heterocycles. The minimum absolute atomic E-state index is 0.917. The van der Waals surface area contributed by atoms with E-state index < -0.39 is 0 Å². The van der Waals surface area contributed by atoms with Gasteiger partial charge in [-0.1, -0.05) is 37.9 Å². The molecule has 0 amide bonds. The van der Waals surface area contributed by atoms with Crippen molar-refractivity contribution in [2.24, 2.45) is 5.92 Å². The predicted molar refractivity (Wildman–Crippen MR) is 126 cm³/mol. The normalized spacial score (nSPS) is 19.1. The number of fused-ring (bicyclic) bond motifs is 6. The number of piperidine rings is 1. The van der Waals surface area contributed by atoms with Gasteiger partial charge >= 0.3 is 0 Å². The van der Waals surface area contributed by atoms with Gasteiger partial charge in [-0.2, -0.15) is 0 Å². The highest BCUT2D eigenvalue weighted by Gasteiger charge is 2.23. The molecule has 0 unspecified atom stereocenters. The fraction of sp³-hybridized carbons (Fsp3) is 0.520. The van der Waals surface area contributed by atoms with Crippen LogP contribution < -0.4 is 15.1 Å². The fourth-order valence-electron chi connectivity index (χ4n) is 5.00. The lowest BCUT2D eigenvalue weighted by molar-refractivity contribution is 0.369. The summed E-state index contributed by atoms with van der Waals surface area (Å²) in [5.74, 6) is 0.917. The van der Waals surface area contributed by atoms with Gasteiger partial charge in [-0.05, 0) is 68.0 Å². The highest BCUT2D eigenvalue weighted by molar-refractivity contribution is 7.99. The number of nitrogens with zero attached hydrogens (tertiary/aromatic N) is 2. The summed E-state index contributed by atoms with van der Waals surface area (Å²) in [6, 6.07) is 14.0. The molecule has 0 atom stereocenters. The van der Waals surface area contributed by atoms with Crippen LogP contribution in [0.15, 0.2) is 46.2 Å². The number of hydrogen-bond donors (Lipinski definition) is 1. The predicted octanol–water partition coefficient (Wildman–Crippen LogP) is 6.90. The average molecular weight is 408 g/mol. The van der Waals surface area contributed by atoms with Crippen LogP contribution in [0.5, 0.6) is 0 Å². The molecule has 3 nitrogen and oxygen atoms in total. The zero-order valence-corrected chi connectivity index (χ0v) is 18.4. The van der Waals surface area contributed by atoms with Gasteiger partial charge < -0.3 is 15.1 Å². The van der Waals surface area contributed by atoms with Crippen LogP contribution >= 0.6 is 11.8 Å². The molecule has 1 N–H and O–H groups in total. The van der Waals surface area contributed by atoms with Gasteiger partial charge in [0.05, 0.1) is 11.4 Å². The van der Waals surface area contributed by atoms with E-state index in [2.05, 4.69) is 58.4 Å². The van der Waals surface area contributed by atoms with Crippen LogP contribution in [-0.4, -0.2) is 26.2 Å². The molecule has 2 aromatic rings. The summed E-state index contributed by atoms with van der Waals surface area (Å²) in [6.07, 6.45) is 9.30. The summed E-state index contributed by atoms with van der Waals surface area (Å²) in [5.41, 5.74) is 5.30. The molecule has 0 aliphatic carbocycles. The third-order valence-corrected chi connectivity index (χ3v) is 7.98. The summed E-state index contributed by atoms with van der Waals surface area (Å²) in [6.45, 7) is 7.07. The zero-order valence-electron chi connectivity index (χ0n) is 17.6. The van der Waals surface area contributed by atoms with Gasteiger partial charge in [0.2, 0.25) is 0 Å². The fourth-order valence-corrected chi connectivity index (χ4v) is 5.95. The van der Waals surface area contributed by atoms with Crippen molar-refractivity contribution >= 4 is 34.5 Å². The van der Waals surface area contributed by atoms with Crippen molar-refractivity contribution < 1.29 is 0 Å². The minimum atomic E-state index is 0.917. The summed E-state index contributed by atoms with van der Waals surface area (Å²) < 4.78 is 0. The number of unbranched alkanes of at least 4 members (excludes halogenated alkanes) is 1. The van der Waals surface area contributed by atoms with E-state index in [0.717, 1.165) is 5.92 Å². The Labute approximate surface area is 179 Å². The summed E-state index contributed by atoms with van der Waals surface area (Å²) in [7, 11) is 0. The van der Waals surface area contributed by atoms with Gasteiger partial charge in [0.1, 0.15) is 0 Å². The lowest BCUT2D eigenvalue weighted by Crippen LogP contribution is -2.33. The Kier molecular flexibility index (Phi) is 5.63. The first-order valence-corrected chi connectivity index (χ1v) is 12.3. The summed E-state index contributed by atoms with van der Waals surface area (Å²) >= 11 is 1.90. The number of anilines is 4. The molecular weight excluding hydrogens is 374 g/mol. The monoisotopic (exact) mass is 407 g/mol. The number of rotatable bonds is 3. The van der Waals surface area contributed by atoms with Crippen molar-refractivity contribution in [3.63, 3.8) is 0 Å². The molecule has 0 aromatic heterocycles. The number of hydrogen-bond acceptors (Lipinski definition) is 4. The number of nitrogens with one attached hydrogen (secondary N) is 1. The standard InChI is InChI=1S/C25H33N3S/c1-2-3-13-27-14-5-4-6-19-11-15-28(16-12-19)21-8-10-25-23(18-21)26-22-17-20(27)7-9-24(22)29-25/h7-10,17-19,26H,2-6,11-16H2,1H3. The van der Waals surface area contributed by atoms with Gasteiger partial charge in [-0.25, -0.2) is 0 Å². The molecular formula is C25H33N3S. The molecule has 1 saturated heterocycles. The van der Waals surface area contributed by atoms with Gasteiger partial charge in [0.25, 0.3) is 0 Å². The summed E-state index contributed by atoms with van der Waals surface area (Å²) in [4.78, 5) is 7.89. The zero-order chi connectivity index (χ0) is 19.6. The SMILES string of the molecule is CCCCN1CCCCC2CCN(CC2)c2ccc3c(c2)Nc2cc1ccc2S3. The van der Waals surface area contributed by atoms with E-state index in [1.54, 1.807) is 0 Å². The highest BCUT2D eigenvalue weighted by atomic mass is 32.2. The molecule has 0 saturated carbocycles. The minimum Gasteiger partial charge on any atom is -0.371 e. The Hall–Kier alpha value is -1.81. The van der Waals surface area contributed by atoms with Crippen molar-refractivity contribution in [2.75, 3.05) is 41.3 Å². The Morgan fingerprint density at radius 2 is 1.62 bits per heavy atom. The van der Waals surface area contributed by atoms with Crippen LogP contribution in [0.3, 0.4) is 0 Å². The Morgan fingerprint density at radius 1 is 0.897 bits per heavy atom. The Morgan fingerprint density at radius 3 is 2.38 bits per heavy atom. The van der Waals surface area contributed by atoms with Crippen LogP contribution in [0, 0.1) is 5.92 Å². The third-order valence-electron chi connectivity index (χ3n) is 6.83. The molecule has 0 radical (unpaired) electrons. The molecule has 29 heavy (non-hydrogen) atoms. The Balaban J connectivity index is 1.49. The second-order valence-electron chi connectivity index (χ2n) is 8.85. The summed E-state index contributed by atoms with van der Waals surface area (Å²) in [5, 5.41) is 3.76. The Bertz CT molecular complexity index is 857. The average Bonchev–Trinajstić information content (AvgIpc) is 2.76. The third kappa shape index (κ3) is 4.09. The van der Waals surface area contributed by atoms with Crippen molar-refractivity contribution in [3.8, 4) is 0 Å². The molecule has 2 aromatic carbocycles. The second-order valence-corrected chi connectivity index (χ2v) is 9.94. The van der Waals surface area contributed by atoms with E-state index in [-0.39, 0.29) is 0 Å². The van der Waals surface area contributed by atoms with Gasteiger partial charge in [-0.15, -0.1) is 0 Å². The van der Waals surface area contributed by atoms with E-state index >= 15 is 0 Å². The van der Waals surface area contributed by atoms with E-state index in [4.69, 9.17) is 0 Å². The molecule has 4 aliphatic rings. The topological polar surface area (TPSA) is 18.5 Å². The second kappa shape index (κ2) is 8.51. The number of benzene rings is 2. The van der Waals surface area contributed by atoms with Crippen LogP contribution in [0.2, 0.25) is 0 Å². The van der Waals surface area contributed by atoms with Gasteiger partial charge in [0.15, 0.2) is 0 Å². The first kappa shape index (κ1) is 19.2. The van der Waals surface area contributed by atoms with Gasteiger partial charge in [0, 0.05) is 47.3 Å². The quantitative estimate of drug-likeness (QED) is 0.508. The molecule has 1 fully saturated rings. The highest BCUT2D eigenvalue weighted by Crippen LogP contribution is 2.46. The van der Waals surface area contributed by atoms with E-state index in [1.165, 1.54) is 104 Å². The van der Waals surface area contributed by atoms with Crippen molar-refractivity contribution in [3.05, 3.63) is 36.4 Å². The first-order chi connectivity index (χ1) is 14.3. The largest absolute Gasteiger partial charge is 0.371 e.